The molecule has 0 radical (unpaired) electrons. The van der Waals surface area contributed by atoms with Crippen LogP contribution in [0.4, 0.5) is 0 Å². The number of hydrogen-bond acceptors (Lipinski definition) is 2. The lowest BCUT2D eigenvalue weighted by Crippen LogP contribution is -2.42. The topological polar surface area (TPSA) is 45.7 Å². The van der Waals surface area contributed by atoms with Gasteiger partial charge in [-0.3, -0.25) is 4.99 Å². The quantitative estimate of drug-likeness (QED) is 0.459. The number of aliphatic imine (C=N–C) groups is 1. The van der Waals surface area contributed by atoms with E-state index in [4.69, 9.17) is 4.74 Å². The van der Waals surface area contributed by atoms with Crippen LogP contribution in [0.3, 0.4) is 0 Å². The summed E-state index contributed by atoms with van der Waals surface area (Å²) in [7, 11) is 1.83. The van der Waals surface area contributed by atoms with Crippen molar-refractivity contribution in [3.63, 3.8) is 0 Å². The van der Waals surface area contributed by atoms with Crippen molar-refractivity contribution in [3.05, 3.63) is 0 Å². The SMILES string of the molecule is CN=C(NCC1CCC1)NCC1CCOC1.I. The largest absolute Gasteiger partial charge is 0.381 e. The first-order valence-corrected chi connectivity index (χ1v) is 6.40. The van der Waals surface area contributed by atoms with E-state index < -0.39 is 0 Å². The molecular weight excluding hydrogens is 329 g/mol. The molecule has 0 aromatic rings. The van der Waals surface area contributed by atoms with Crippen molar-refractivity contribution in [2.24, 2.45) is 16.8 Å². The fourth-order valence-corrected chi connectivity index (χ4v) is 2.14. The maximum atomic E-state index is 5.35. The van der Waals surface area contributed by atoms with Gasteiger partial charge >= 0.3 is 0 Å². The van der Waals surface area contributed by atoms with Gasteiger partial charge < -0.3 is 15.4 Å². The maximum absolute atomic E-state index is 5.35. The number of ether oxygens (including phenoxy) is 1. The highest BCUT2D eigenvalue weighted by molar-refractivity contribution is 14.0. The summed E-state index contributed by atoms with van der Waals surface area (Å²) in [6.45, 7) is 3.86. The minimum Gasteiger partial charge on any atom is -0.381 e. The normalized spacial score (nSPS) is 25.0. The van der Waals surface area contributed by atoms with Gasteiger partial charge in [0.15, 0.2) is 5.96 Å². The summed E-state index contributed by atoms with van der Waals surface area (Å²) >= 11 is 0. The predicted octanol–water partition coefficient (Wildman–Crippen LogP) is 1.61. The average Bonchev–Trinajstić information content (AvgIpc) is 2.73. The van der Waals surface area contributed by atoms with Crippen molar-refractivity contribution in [2.75, 3.05) is 33.4 Å². The minimum absolute atomic E-state index is 0. The van der Waals surface area contributed by atoms with E-state index in [1.54, 1.807) is 0 Å². The first kappa shape index (κ1) is 15.0. The molecule has 1 aliphatic carbocycles. The number of nitrogens with zero attached hydrogens (tertiary/aromatic N) is 1. The van der Waals surface area contributed by atoms with E-state index in [-0.39, 0.29) is 24.0 Å². The van der Waals surface area contributed by atoms with Crippen LogP contribution < -0.4 is 10.6 Å². The van der Waals surface area contributed by atoms with E-state index in [0.29, 0.717) is 5.92 Å². The van der Waals surface area contributed by atoms with Crippen LogP contribution in [0.15, 0.2) is 4.99 Å². The van der Waals surface area contributed by atoms with Crippen LogP contribution in [-0.2, 0) is 4.74 Å². The molecule has 17 heavy (non-hydrogen) atoms. The molecule has 2 rings (SSSR count). The van der Waals surface area contributed by atoms with Crippen molar-refractivity contribution in [1.82, 2.24) is 10.6 Å². The summed E-state index contributed by atoms with van der Waals surface area (Å²) in [5, 5.41) is 6.77. The zero-order chi connectivity index (χ0) is 11.2. The van der Waals surface area contributed by atoms with Crippen LogP contribution in [0, 0.1) is 11.8 Å². The zero-order valence-corrected chi connectivity index (χ0v) is 12.9. The molecule has 1 saturated heterocycles. The number of nitrogens with one attached hydrogen (secondary N) is 2. The van der Waals surface area contributed by atoms with Crippen LogP contribution in [0.1, 0.15) is 25.7 Å². The van der Waals surface area contributed by atoms with Gasteiger partial charge in [0, 0.05) is 32.7 Å². The Labute approximate surface area is 121 Å². The standard InChI is InChI=1S/C12H23N3O.HI/c1-13-12(14-7-10-3-2-4-10)15-8-11-5-6-16-9-11;/h10-11H,2-9H2,1H3,(H2,13,14,15);1H. The Balaban J connectivity index is 0.00000144. The molecule has 0 aromatic carbocycles. The summed E-state index contributed by atoms with van der Waals surface area (Å²) in [5.74, 6) is 2.47. The molecule has 0 spiro atoms. The van der Waals surface area contributed by atoms with E-state index in [9.17, 15) is 0 Å². The Morgan fingerprint density at radius 1 is 1.18 bits per heavy atom. The van der Waals surface area contributed by atoms with Crippen LogP contribution >= 0.6 is 24.0 Å². The average molecular weight is 353 g/mol. The van der Waals surface area contributed by atoms with Gasteiger partial charge in [0.2, 0.25) is 0 Å². The minimum atomic E-state index is 0. The summed E-state index contributed by atoms with van der Waals surface area (Å²) in [4.78, 5) is 4.23. The van der Waals surface area contributed by atoms with Gasteiger partial charge in [-0.15, -0.1) is 24.0 Å². The van der Waals surface area contributed by atoms with Crippen LogP contribution in [0.25, 0.3) is 0 Å². The number of guanidine groups is 1. The molecule has 2 aliphatic rings. The molecule has 0 amide bonds. The molecule has 1 heterocycles. The number of hydrogen-bond donors (Lipinski definition) is 2. The molecule has 1 saturated carbocycles. The Bertz CT molecular complexity index is 238. The van der Waals surface area contributed by atoms with E-state index in [1.165, 1.54) is 25.7 Å². The Morgan fingerprint density at radius 2 is 1.88 bits per heavy atom. The summed E-state index contributed by atoms with van der Waals surface area (Å²) in [6, 6.07) is 0. The van der Waals surface area contributed by atoms with E-state index >= 15 is 0 Å². The second-order valence-corrected chi connectivity index (χ2v) is 4.86. The molecule has 1 unspecified atom stereocenters. The molecule has 1 atom stereocenters. The van der Waals surface area contributed by atoms with Crippen molar-refractivity contribution < 1.29 is 4.74 Å². The Morgan fingerprint density at radius 3 is 2.35 bits per heavy atom. The fourth-order valence-electron chi connectivity index (χ4n) is 2.14. The summed E-state index contributed by atoms with van der Waals surface area (Å²) < 4.78 is 5.35. The lowest BCUT2D eigenvalue weighted by molar-refractivity contribution is 0.186. The second kappa shape index (κ2) is 8.13. The molecule has 2 fully saturated rings. The third-order valence-electron chi connectivity index (χ3n) is 3.59. The molecule has 0 aromatic heterocycles. The maximum Gasteiger partial charge on any atom is 0.190 e. The number of rotatable bonds is 4. The van der Waals surface area contributed by atoms with Crippen LogP contribution in [0.5, 0.6) is 0 Å². The van der Waals surface area contributed by atoms with Gasteiger partial charge in [0.1, 0.15) is 0 Å². The van der Waals surface area contributed by atoms with Gasteiger partial charge in [0.05, 0.1) is 6.61 Å². The lowest BCUT2D eigenvalue weighted by atomic mass is 9.85. The van der Waals surface area contributed by atoms with E-state index in [2.05, 4.69) is 15.6 Å². The molecular formula is C12H24IN3O. The molecule has 4 nitrogen and oxygen atoms in total. The van der Waals surface area contributed by atoms with Gasteiger partial charge in [-0.25, -0.2) is 0 Å². The Hall–Kier alpha value is -0.0400. The van der Waals surface area contributed by atoms with E-state index in [1.807, 2.05) is 7.05 Å². The number of halogens is 1. The van der Waals surface area contributed by atoms with E-state index in [0.717, 1.165) is 38.2 Å². The van der Waals surface area contributed by atoms with Crippen molar-refractivity contribution in [3.8, 4) is 0 Å². The van der Waals surface area contributed by atoms with Crippen LogP contribution in [0.2, 0.25) is 0 Å². The summed E-state index contributed by atoms with van der Waals surface area (Å²) in [6.07, 6.45) is 5.32. The fraction of sp³-hybridized carbons (Fsp3) is 0.917. The van der Waals surface area contributed by atoms with Gasteiger partial charge in [-0.05, 0) is 25.2 Å². The second-order valence-electron chi connectivity index (χ2n) is 4.86. The highest BCUT2D eigenvalue weighted by atomic mass is 127. The van der Waals surface area contributed by atoms with Crippen molar-refractivity contribution in [2.45, 2.75) is 25.7 Å². The Kier molecular flexibility index (Phi) is 7.18. The molecule has 2 N–H and O–H groups in total. The zero-order valence-electron chi connectivity index (χ0n) is 10.6. The monoisotopic (exact) mass is 353 g/mol. The third kappa shape index (κ3) is 4.99. The third-order valence-corrected chi connectivity index (χ3v) is 3.59. The van der Waals surface area contributed by atoms with Crippen molar-refractivity contribution >= 4 is 29.9 Å². The predicted molar refractivity (Wildman–Crippen MR) is 81.0 cm³/mol. The van der Waals surface area contributed by atoms with Gasteiger partial charge in [-0.2, -0.15) is 0 Å². The molecule has 5 heteroatoms. The first-order valence-electron chi connectivity index (χ1n) is 6.40. The highest BCUT2D eigenvalue weighted by Gasteiger charge is 2.18. The van der Waals surface area contributed by atoms with Crippen LogP contribution in [-0.4, -0.2) is 39.3 Å². The smallest absolute Gasteiger partial charge is 0.190 e. The molecule has 1 aliphatic heterocycles. The first-order chi connectivity index (χ1) is 7.88. The molecule has 0 bridgehead atoms. The molecule has 100 valence electrons. The summed E-state index contributed by atoms with van der Waals surface area (Å²) in [5.41, 5.74) is 0. The lowest BCUT2D eigenvalue weighted by Gasteiger charge is -2.26. The van der Waals surface area contributed by atoms with Gasteiger partial charge in [0.25, 0.3) is 0 Å². The van der Waals surface area contributed by atoms with Gasteiger partial charge in [-0.1, -0.05) is 6.42 Å². The van der Waals surface area contributed by atoms with Crippen molar-refractivity contribution in [1.29, 1.82) is 0 Å². The highest BCUT2D eigenvalue weighted by Crippen LogP contribution is 2.25.